The van der Waals surface area contributed by atoms with Crippen molar-refractivity contribution in [2.45, 2.75) is 33.4 Å². The molecule has 0 aromatic carbocycles. The summed E-state index contributed by atoms with van der Waals surface area (Å²) in [5.41, 5.74) is 6.12. The van der Waals surface area contributed by atoms with Crippen LogP contribution in [0.3, 0.4) is 0 Å². The Hall–Kier alpha value is -1.07. The predicted octanol–water partition coefficient (Wildman–Crippen LogP) is 1.25. The van der Waals surface area contributed by atoms with E-state index in [2.05, 4.69) is 24.3 Å². The Morgan fingerprint density at radius 2 is 2.19 bits per heavy atom. The van der Waals surface area contributed by atoms with Gasteiger partial charge in [0, 0.05) is 12.7 Å². The number of nitrogens with two attached hydrogens (primary N) is 1. The van der Waals surface area contributed by atoms with Crippen molar-refractivity contribution >= 4 is 24.0 Å². The fourth-order valence-electron chi connectivity index (χ4n) is 1.16. The first-order valence-electron chi connectivity index (χ1n) is 5.08. The Morgan fingerprint density at radius 3 is 2.69 bits per heavy atom. The molecule has 1 rings (SSSR count). The highest BCUT2D eigenvalue weighted by atomic mass is 35.5. The number of carbonyl (C=O) groups excluding carboxylic acids is 1. The maximum absolute atomic E-state index is 11.3. The minimum Gasteiger partial charge on any atom is -0.322 e. The Balaban J connectivity index is 0.00000225. The molecule has 0 aliphatic rings. The van der Waals surface area contributed by atoms with Gasteiger partial charge in [-0.25, -0.2) is 0 Å². The van der Waals surface area contributed by atoms with Gasteiger partial charge in [0.2, 0.25) is 5.91 Å². The molecule has 5 nitrogen and oxygen atoms in total. The molecule has 0 aliphatic heterocycles. The smallest absolute Gasteiger partial charge is 0.241 e. The van der Waals surface area contributed by atoms with E-state index in [-0.39, 0.29) is 18.3 Å². The zero-order valence-electron chi connectivity index (χ0n) is 9.80. The molecule has 6 heteroatoms. The molecule has 3 N–H and O–H groups in total. The van der Waals surface area contributed by atoms with Crippen molar-refractivity contribution in [2.75, 3.05) is 5.32 Å². The minimum absolute atomic E-state index is 0. The molecule has 0 bridgehead atoms. The van der Waals surface area contributed by atoms with Crippen LogP contribution in [0.4, 0.5) is 5.69 Å². The second-order valence-electron chi connectivity index (χ2n) is 4.12. The van der Waals surface area contributed by atoms with E-state index >= 15 is 0 Å². The normalized spacial score (nSPS) is 12.1. The van der Waals surface area contributed by atoms with Crippen LogP contribution in [0.2, 0.25) is 0 Å². The average molecular weight is 247 g/mol. The van der Waals surface area contributed by atoms with Crippen LogP contribution in [-0.4, -0.2) is 21.7 Å². The number of aromatic nitrogens is 2. The fourth-order valence-corrected chi connectivity index (χ4v) is 1.16. The van der Waals surface area contributed by atoms with Crippen LogP contribution in [0.25, 0.3) is 0 Å². The summed E-state index contributed by atoms with van der Waals surface area (Å²) in [6.45, 7) is 6.71. The van der Waals surface area contributed by atoms with Crippen molar-refractivity contribution in [1.29, 1.82) is 0 Å². The molecule has 0 spiro atoms. The summed E-state index contributed by atoms with van der Waals surface area (Å²) in [4.78, 5) is 11.3. The topological polar surface area (TPSA) is 72.9 Å². The molecule has 1 amide bonds. The second-order valence-corrected chi connectivity index (χ2v) is 4.12. The number of nitrogens with zero attached hydrogens (tertiary/aromatic N) is 2. The van der Waals surface area contributed by atoms with Crippen LogP contribution in [0.15, 0.2) is 12.4 Å². The number of nitrogens with one attached hydrogen (secondary N) is 1. The Kier molecular flexibility index (Phi) is 6.06. The Bertz CT molecular complexity index is 335. The largest absolute Gasteiger partial charge is 0.322 e. The van der Waals surface area contributed by atoms with E-state index in [4.69, 9.17) is 5.73 Å². The van der Waals surface area contributed by atoms with E-state index in [9.17, 15) is 4.79 Å². The van der Waals surface area contributed by atoms with Gasteiger partial charge in [-0.15, -0.1) is 12.4 Å². The monoisotopic (exact) mass is 246 g/mol. The van der Waals surface area contributed by atoms with Crippen LogP contribution < -0.4 is 11.1 Å². The molecule has 0 saturated carbocycles. The molecule has 0 aliphatic carbocycles. The number of rotatable bonds is 4. The highest BCUT2D eigenvalue weighted by Gasteiger charge is 2.08. The van der Waals surface area contributed by atoms with Crippen LogP contribution >= 0.6 is 12.4 Å². The molecule has 0 saturated heterocycles. The molecule has 1 aromatic heterocycles. The summed E-state index contributed by atoms with van der Waals surface area (Å²) in [6, 6.07) is -0.501. The maximum atomic E-state index is 11.3. The quantitative estimate of drug-likeness (QED) is 0.840. The molecular formula is C10H19ClN4O. The van der Waals surface area contributed by atoms with E-state index in [1.54, 1.807) is 19.3 Å². The van der Waals surface area contributed by atoms with Gasteiger partial charge in [0.15, 0.2) is 0 Å². The summed E-state index contributed by atoms with van der Waals surface area (Å²) in [5, 5.41) is 6.82. The number of carbonyl (C=O) groups is 1. The van der Waals surface area contributed by atoms with E-state index < -0.39 is 6.04 Å². The molecule has 92 valence electrons. The predicted molar refractivity (Wildman–Crippen MR) is 66.6 cm³/mol. The molecule has 0 fully saturated rings. The lowest BCUT2D eigenvalue weighted by Gasteiger charge is -2.05. The standard InChI is InChI=1S/C10H18N4O.ClH/c1-7(2)5-14-6-9(4-12-14)13-10(15)8(3)11;/h4,6-8H,5,11H2,1-3H3,(H,13,15);1H. The number of halogens is 1. The van der Waals surface area contributed by atoms with Gasteiger partial charge in [0.05, 0.1) is 17.9 Å². The van der Waals surface area contributed by atoms with Crippen molar-refractivity contribution in [3.63, 3.8) is 0 Å². The summed E-state index contributed by atoms with van der Waals surface area (Å²) in [5.74, 6) is 0.334. The lowest BCUT2D eigenvalue weighted by Crippen LogP contribution is -2.32. The van der Waals surface area contributed by atoms with Crippen LogP contribution in [0.5, 0.6) is 0 Å². The van der Waals surface area contributed by atoms with Gasteiger partial charge < -0.3 is 11.1 Å². The maximum Gasteiger partial charge on any atom is 0.241 e. The Morgan fingerprint density at radius 1 is 1.56 bits per heavy atom. The van der Waals surface area contributed by atoms with Crippen LogP contribution in [-0.2, 0) is 11.3 Å². The molecule has 0 radical (unpaired) electrons. The number of hydrogen-bond donors (Lipinski definition) is 2. The van der Waals surface area contributed by atoms with E-state index in [1.807, 2.05) is 4.68 Å². The number of amides is 1. The summed E-state index contributed by atoms with van der Waals surface area (Å²) in [7, 11) is 0. The third-order valence-electron chi connectivity index (χ3n) is 1.87. The van der Waals surface area contributed by atoms with Crippen LogP contribution in [0, 0.1) is 5.92 Å². The molecule has 1 atom stereocenters. The first-order chi connectivity index (χ1) is 6.99. The summed E-state index contributed by atoms with van der Waals surface area (Å²) >= 11 is 0. The van der Waals surface area contributed by atoms with Crippen molar-refractivity contribution in [2.24, 2.45) is 11.7 Å². The highest BCUT2D eigenvalue weighted by Crippen LogP contribution is 2.07. The first kappa shape index (κ1) is 14.9. The van der Waals surface area contributed by atoms with Gasteiger partial charge in [-0.05, 0) is 12.8 Å². The van der Waals surface area contributed by atoms with E-state index in [1.165, 1.54) is 0 Å². The minimum atomic E-state index is -0.501. The number of anilines is 1. The van der Waals surface area contributed by atoms with Gasteiger partial charge in [0.25, 0.3) is 0 Å². The van der Waals surface area contributed by atoms with Crippen molar-refractivity contribution in [1.82, 2.24) is 9.78 Å². The second kappa shape index (κ2) is 6.50. The van der Waals surface area contributed by atoms with Gasteiger partial charge in [-0.3, -0.25) is 9.48 Å². The van der Waals surface area contributed by atoms with E-state index in [0.717, 1.165) is 6.54 Å². The van der Waals surface area contributed by atoms with Gasteiger partial charge in [-0.1, -0.05) is 13.8 Å². The van der Waals surface area contributed by atoms with Crippen molar-refractivity contribution < 1.29 is 4.79 Å². The van der Waals surface area contributed by atoms with Crippen molar-refractivity contribution in [3.05, 3.63) is 12.4 Å². The van der Waals surface area contributed by atoms with Gasteiger partial charge in [0.1, 0.15) is 0 Å². The molecule has 1 unspecified atom stereocenters. The van der Waals surface area contributed by atoms with Crippen LogP contribution in [0.1, 0.15) is 20.8 Å². The third kappa shape index (κ3) is 4.63. The zero-order valence-corrected chi connectivity index (χ0v) is 10.6. The molecular weight excluding hydrogens is 228 g/mol. The van der Waals surface area contributed by atoms with E-state index in [0.29, 0.717) is 11.6 Å². The highest BCUT2D eigenvalue weighted by molar-refractivity contribution is 5.94. The molecule has 16 heavy (non-hydrogen) atoms. The third-order valence-corrected chi connectivity index (χ3v) is 1.87. The van der Waals surface area contributed by atoms with Gasteiger partial charge in [-0.2, -0.15) is 5.10 Å². The number of hydrogen-bond acceptors (Lipinski definition) is 3. The zero-order chi connectivity index (χ0) is 11.4. The fraction of sp³-hybridized carbons (Fsp3) is 0.600. The lowest BCUT2D eigenvalue weighted by molar-refractivity contribution is -0.117. The first-order valence-corrected chi connectivity index (χ1v) is 5.08. The van der Waals surface area contributed by atoms with Gasteiger partial charge >= 0.3 is 0 Å². The Labute approximate surface area is 102 Å². The molecule has 1 heterocycles. The SMILES string of the molecule is CC(C)Cn1cc(NC(=O)C(C)N)cn1.Cl. The molecule has 1 aromatic rings. The van der Waals surface area contributed by atoms with Crippen molar-refractivity contribution in [3.8, 4) is 0 Å². The summed E-state index contributed by atoms with van der Waals surface area (Å²) in [6.07, 6.45) is 3.43. The lowest BCUT2D eigenvalue weighted by atomic mass is 10.2. The average Bonchev–Trinajstić information content (AvgIpc) is 2.51. The summed E-state index contributed by atoms with van der Waals surface area (Å²) < 4.78 is 1.81.